The van der Waals surface area contributed by atoms with E-state index in [0.717, 1.165) is 25.3 Å². The molecule has 0 aromatic heterocycles. The van der Waals surface area contributed by atoms with E-state index < -0.39 is 0 Å². The molecule has 0 saturated heterocycles. The number of rotatable bonds is 7. The number of aliphatic hydroxyl groups excluding tert-OH is 1. The molecule has 0 atom stereocenters. The second-order valence-electron chi connectivity index (χ2n) is 5.28. The SMILES string of the molecule is CCC1CCC(CNC(=O)CCCCO)CC1. The molecule has 0 aliphatic heterocycles. The molecule has 3 nitrogen and oxygen atoms in total. The van der Waals surface area contributed by atoms with Crippen LogP contribution in [0.15, 0.2) is 0 Å². The molecule has 1 aliphatic rings. The number of hydrogen-bond acceptors (Lipinski definition) is 2. The van der Waals surface area contributed by atoms with Crippen molar-refractivity contribution in [3.63, 3.8) is 0 Å². The average Bonchev–Trinajstić information content (AvgIpc) is 2.37. The van der Waals surface area contributed by atoms with Crippen LogP contribution in [0.1, 0.15) is 58.3 Å². The lowest BCUT2D eigenvalue weighted by Gasteiger charge is -2.27. The summed E-state index contributed by atoms with van der Waals surface area (Å²) in [6.45, 7) is 3.32. The maximum atomic E-state index is 11.5. The molecule has 0 aromatic rings. The van der Waals surface area contributed by atoms with Crippen molar-refractivity contribution in [1.29, 1.82) is 0 Å². The van der Waals surface area contributed by atoms with E-state index in [2.05, 4.69) is 12.2 Å². The Morgan fingerprint density at radius 2 is 1.82 bits per heavy atom. The van der Waals surface area contributed by atoms with Gasteiger partial charge in [0, 0.05) is 19.6 Å². The Labute approximate surface area is 105 Å². The maximum Gasteiger partial charge on any atom is 0.220 e. The highest BCUT2D eigenvalue weighted by molar-refractivity contribution is 5.75. The summed E-state index contributed by atoms with van der Waals surface area (Å²) in [6, 6.07) is 0. The lowest BCUT2D eigenvalue weighted by atomic mass is 9.81. The Morgan fingerprint density at radius 1 is 1.18 bits per heavy atom. The van der Waals surface area contributed by atoms with Crippen molar-refractivity contribution in [3.05, 3.63) is 0 Å². The van der Waals surface area contributed by atoms with Crippen LogP contribution in [0.2, 0.25) is 0 Å². The van der Waals surface area contributed by atoms with Crippen LogP contribution < -0.4 is 5.32 Å². The Morgan fingerprint density at radius 3 is 2.41 bits per heavy atom. The van der Waals surface area contributed by atoms with Crippen LogP contribution in [0.4, 0.5) is 0 Å². The predicted octanol–water partition coefficient (Wildman–Crippen LogP) is 2.48. The third-order valence-electron chi connectivity index (χ3n) is 3.94. The average molecular weight is 241 g/mol. The molecule has 0 heterocycles. The van der Waals surface area contributed by atoms with Gasteiger partial charge < -0.3 is 10.4 Å². The van der Waals surface area contributed by atoms with Crippen molar-refractivity contribution in [2.24, 2.45) is 11.8 Å². The van der Waals surface area contributed by atoms with Crippen LogP contribution in [-0.4, -0.2) is 24.2 Å². The number of carbonyl (C=O) groups excluding carboxylic acids is 1. The molecule has 0 spiro atoms. The molecule has 17 heavy (non-hydrogen) atoms. The standard InChI is InChI=1S/C14H27NO2/c1-2-12-6-8-13(9-7-12)11-15-14(17)5-3-4-10-16/h12-13,16H,2-11H2,1H3,(H,15,17). The molecule has 1 aliphatic carbocycles. The molecule has 2 N–H and O–H groups in total. The summed E-state index contributed by atoms with van der Waals surface area (Å²) in [6.07, 6.45) is 8.61. The van der Waals surface area contributed by atoms with Crippen LogP contribution in [0.25, 0.3) is 0 Å². The maximum absolute atomic E-state index is 11.5. The fourth-order valence-electron chi connectivity index (χ4n) is 2.59. The minimum atomic E-state index is 0.149. The van der Waals surface area contributed by atoms with Crippen molar-refractivity contribution in [1.82, 2.24) is 5.32 Å². The van der Waals surface area contributed by atoms with E-state index in [1.54, 1.807) is 0 Å². The topological polar surface area (TPSA) is 49.3 Å². The van der Waals surface area contributed by atoms with Gasteiger partial charge in [-0.15, -0.1) is 0 Å². The van der Waals surface area contributed by atoms with E-state index >= 15 is 0 Å². The zero-order valence-electron chi connectivity index (χ0n) is 11.1. The Balaban J connectivity index is 2.04. The number of aliphatic hydroxyl groups is 1. The van der Waals surface area contributed by atoms with Crippen molar-refractivity contribution in [2.45, 2.75) is 58.3 Å². The summed E-state index contributed by atoms with van der Waals surface area (Å²) < 4.78 is 0. The minimum absolute atomic E-state index is 0.149. The molecular formula is C14H27NO2. The Hall–Kier alpha value is -0.570. The first-order chi connectivity index (χ1) is 8.26. The number of amides is 1. The smallest absolute Gasteiger partial charge is 0.220 e. The van der Waals surface area contributed by atoms with E-state index in [-0.39, 0.29) is 12.5 Å². The molecule has 0 unspecified atom stereocenters. The summed E-state index contributed by atoms with van der Waals surface area (Å²) in [5.74, 6) is 1.77. The van der Waals surface area contributed by atoms with Gasteiger partial charge in [0.05, 0.1) is 0 Å². The summed E-state index contributed by atoms with van der Waals surface area (Å²) >= 11 is 0. The first kappa shape index (κ1) is 14.5. The van der Waals surface area contributed by atoms with Gasteiger partial charge in [0.2, 0.25) is 5.91 Å². The van der Waals surface area contributed by atoms with Crippen LogP contribution >= 0.6 is 0 Å². The molecule has 100 valence electrons. The van der Waals surface area contributed by atoms with E-state index in [0.29, 0.717) is 12.3 Å². The first-order valence-electron chi connectivity index (χ1n) is 7.13. The largest absolute Gasteiger partial charge is 0.396 e. The number of hydrogen-bond donors (Lipinski definition) is 2. The van der Waals surface area contributed by atoms with Gasteiger partial charge in [0.1, 0.15) is 0 Å². The van der Waals surface area contributed by atoms with Gasteiger partial charge in [-0.1, -0.05) is 26.2 Å². The fraction of sp³-hybridized carbons (Fsp3) is 0.929. The second-order valence-corrected chi connectivity index (χ2v) is 5.28. The van der Waals surface area contributed by atoms with Gasteiger partial charge in [-0.05, 0) is 37.5 Å². The third-order valence-corrected chi connectivity index (χ3v) is 3.94. The van der Waals surface area contributed by atoms with Crippen LogP contribution in [0.3, 0.4) is 0 Å². The van der Waals surface area contributed by atoms with Crippen molar-refractivity contribution in [3.8, 4) is 0 Å². The molecular weight excluding hydrogens is 214 g/mol. The lowest BCUT2D eigenvalue weighted by molar-refractivity contribution is -0.121. The van der Waals surface area contributed by atoms with Gasteiger partial charge in [-0.2, -0.15) is 0 Å². The van der Waals surface area contributed by atoms with E-state index in [9.17, 15) is 4.79 Å². The summed E-state index contributed by atoms with van der Waals surface area (Å²) in [7, 11) is 0. The molecule has 0 bridgehead atoms. The van der Waals surface area contributed by atoms with E-state index in [1.165, 1.54) is 32.1 Å². The van der Waals surface area contributed by atoms with Gasteiger partial charge >= 0.3 is 0 Å². The van der Waals surface area contributed by atoms with E-state index in [4.69, 9.17) is 5.11 Å². The first-order valence-corrected chi connectivity index (χ1v) is 7.13. The highest BCUT2D eigenvalue weighted by atomic mass is 16.2. The quantitative estimate of drug-likeness (QED) is 0.673. The highest BCUT2D eigenvalue weighted by Gasteiger charge is 2.20. The Bertz CT molecular complexity index is 210. The van der Waals surface area contributed by atoms with Gasteiger partial charge in [-0.3, -0.25) is 4.79 Å². The van der Waals surface area contributed by atoms with Crippen LogP contribution in [0.5, 0.6) is 0 Å². The molecule has 1 saturated carbocycles. The Kier molecular flexibility index (Phi) is 7.25. The van der Waals surface area contributed by atoms with Gasteiger partial charge in [-0.25, -0.2) is 0 Å². The minimum Gasteiger partial charge on any atom is -0.396 e. The number of carbonyl (C=O) groups is 1. The molecule has 0 aromatic carbocycles. The lowest BCUT2D eigenvalue weighted by Crippen LogP contribution is -2.31. The van der Waals surface area contributed by atoms with Crippen LogP contribution in [0, 0.1) is 11.8 Å². The molecule has 1 amide bonds. The molecule has 1 fully saturated rings. The van der Waals surface area contributed by atoms with Crippen molar-refractivity contribution >= 4 is 5.91 Å². The van der Waals surface area contributed by atoms with Gasteiger partial charge in [0.25, 0.3) is 0 Å². The van der Waals surface area contributed by atoms with Gasteiger partial charge in [0.15, 0.2) is 0 Å². The molecule has 1 rings (SSSR count). The highest BCUT2D eigenvalue weighted by Crippen LogP contribution is 2.30. The summed E-state index contributed by atoms with van der Waals surface area (Å²) in [4.78, 5) is 11.5. The van der Waals surface area contributed by atoms with E-state index in [1.807, 2.05) is 0 Å². The van der Waals surface area contributed by atoms with Crippen molar-refractivity contribution < 1.29 is 9.90 Å². The summed E-state index contributed by atoms with van der Waals surface area (Å²) in [5.41, 5.74) is 0. The molecule has 0 radical (unpaired) electrons. The normalized spacial score (nSPS) is 24.6. The summed E-state index contributed by atoms with van der Waals surface area (Å²) in [5, 5.41) is 11.7. The monoisotopic (exact) mass is 241 g/mol. The van der Waals surface area contributed by atoms with Crippen molar-refractivity contribution in [2.75, 3.05) is 13.2 Å². The number of nitrogens with one attached hydrogen (secondary N) is 1. The fourth-order valence-corrected chi connectivity index (χ4v) is 2.59. The predicted molar refractivity (Wildman–Crippen MR) is 69.7 cm³/mol. The van der Waals surface area contributed by atoms with Crippen LogP contribution in [-0.2, 0) is 4.79 Å². The zero-order valence-corrected chi connectivity index (χ0v) is 11.1. The second kappa shape index (κ2) is 8.51. The zero-order chi connectivity index (χ0) is 12.5. The number of unbranched alkanes of at least 4 members (excludes halogenated alkanes) is 1. The third kappa shape index (κ3) is 6.06. The molecule has 3 heteroatoms.